The fraction of sp³-hybridized carbons (Fsp3) is 0.407. The van der Waals surface area contributed by atoms with Crippen molar-refractivity contribution in [3.63, 3.8) is 0 Å². The Balaban J connectivity index is 1.60. The van der Waals surface area contributed by atoms with E-state index in [1.165, 1.54) is 0 Å². The number of H-pyrrole nitrogens is 1. The molecule has 0 saturated heterocycles. The summed E-state index contributed by atoms with van der Waals surface area (Å²) >= 11 is 1.63. The van der Waals surface area contributed by atoms with Gasteiger partial charge in [0.25, 0.3) is 5.91 Å². The molecule has 0 bridgehead atoms. The molecule has 2 aliphatic rings. The Kier molecular flexibility index (Phi) is 5.55. The number of benzene rings is 1. The van der Waals surface area contributed by atoms with Gasteiger partial charge in [-0.2, -0.15) is 0 Å². The molecular formula is C27H30N2O4S. The maximum absolute atomic E-state index is 14.0. The first-order chi connectivity index (χ1) is 16.2. The van der Waals surface area contributed by atoms with Gasteiger partial charge < -0.3 is 19.4 Å². The van der Waals surface area contributed by atoms with E-state index in [2.05, 4.69) is 24.9 Å². The molecule has 3 heterocycles. The highest BCUT2D eigenvalue weighted by atomic mass is 32.1. The monoisotopic (exact) mass is 478 g/mol. The molecule has 6 nitrogen and oxygen atoms in total. The molecule has 1 N–H and O–H groups in total. The molecule has 7 heteroatoms. The number of carbonyl (C=O) groups excluding carboxylic acids is 2. The highest BCUT2D eigenvalue weighted by Crippen LogP contribution is 2.43. The van der Waals surface area contributed by atoms with E-state index in [4.69, 9.17) is 9.47 Å². The molecule has 1 aliphatic carbocycles. The van der Waals surface area contributed by atoms with E-state index in [0.717, 1.165) is 33.7 Å². The van der Waals surface area contributed by atoms with Gasteiger partial charge in [-0.3, -0.25) is 9.59 Å². The van der Waals surface area contributed by atoms with Crippen molar-refractivity contribution >= 4 is 23.0 Å². The molecule has 1 aromatic carbocycles. The normalized spacial score (nSPS) is 18.9. The number of nitrogens with one attached hydrogen (secondary N) is 1. The highest BCUT2D eigenvalue weighted by molar-refractivity contribution is 7.10. The Hall–Kier alpha value is -3.06. The van der Waals surface area contributed by atoms with Crippen LogP contribution in [-0.2, 0) is 12.8 Å². The van der Waals surface area contributed by atoms with Crippen LogP contribution >= 0.6 is 11.3 Å². The first-order valence-corrected chi connectivity index (χ1v) is 12.5. The minimum atomic E-state index is -0.233. The number of thiophene rings is 1. The molecule has 1 aliphatic heterocycles. The van der Waals surface area contributed by atoms with Crippen molar-refractivity contribution < 1.29 is 19.1 Å². The van der Waals surface area contributed by atoms with Crippen LogP contribution in [0.25, 0.3) is 0 Å². The molecule has 1 atom stereocenters. The van der Waals surface area contributed by atoms with Gasteiger partial charge in [0.05, 0.1) is 20.3 Å². The van der Waals surface area contributed by atoms with Crippen LogP contribution in [-0.4, -0.2) is 42.3 Å². The minimum absolute atomic E-state index is 0.0728. The number of methoxy groups -OCH3 is 2. The third-order valence-electron chi connectivity index (χ3n) is 7.06. The number of nitrogens with zero attached hydrogens (tertiary/aromatic N) is 1. The van der Waals surface area contributed by atoms with Gasteiger partial charge in [-0.05, 0) is 65.4 Å². The van der Waals surface area contributed by atoms with Gasteiger partial charge in [0.2, 0.25) is 0 Å². The second kappa shape index (κ2) is 8.31. The number of rotatable bonds is 4. The number of aromatic nitrogens is 1. The molecule has 0 unspecified atom stereocenters. The van der Waals surface area contributed by atoms with Crippen molar-refractivity contribution in [1.82, 2.24) is 9.88 Å². The zero-order valence-corrected chi connectivity index (χ0v) is 21.1. The fourth-order valence-corrected chi connectivity index (χ4v) is 6.36. The summed E-state index contributed by atoms with van der Waals surface area (Å²) in [5, 5.41) is 2.03. The Bertz CT molecular complexity index is 1270. The molecule has 0 fully saturated rings. The first-order valence-electron chi connectivity index (χ1n) is 11.6. The van der Waals surface area contributed by atoms with Crippen LogP contribution in [0.4, 0.5) is 0 Å². The van der Waals surface area contributed by atoms with Crippen molar-refractivity contribution in [3.05, 3.63) is 68.2 Å². The molecule has 0 saturated carbocycles. The van der Waals surface area contributed by atoms with Crippen LogP contribution in [0.2, 0.25) is 0 Å². The Labute approximate surface area is 203 Å². The van der Waals surface area contributed by atoms with Gasteiger partial charge in [-0.1, -0.05) is 19.9 Å². The summed E-state index contributed by atoms with van der Waals surface area (Å²) < 4.78 is 11.1. The second-order valence-electron chi connectivity index (χ2n) is 9.99. The van der Waals surface area contributed by atoms with Crippen molar-refractivity contribution in [2.24, 2.45) is 5.41 Å². The van der Waals surface area contributed by atoms with Gasteiger partial charge in [-0.15, -0.1) is 11.3 Å². The van der Waals surface area contributed by atoms with E-state index in [1.54, 1.807) is 25.6 Å². The summed E-state index contributed by atoms with van der Waals surface area (Å²) in [7, 11) is 3.26. The molecule has 178 valence electrons. The standard InChI is InChI=1S/C27H30N2O4S/c1-15-23-18(13-27(2,3)14-19(23)30)28-24(15)26(31)29-9-8-16-11-20(32-4)21(33-5)12-17(16)25(29)22-7-6-10-34-22/h6-7,10-12,25,28H,8-9,13-14H2,1-5H3/t25-/m1/s1. The molecule has 2 aromatic heterocycles. The maximum Gasteiger partial charge on any atom is 0.271 e. The molecule has 3 aromatic rings. The lowest BCUT2D eigenvalue weighted by molar-refractivity contribution is 0.0690. The summed E-state index contributed by atoms with van der Waals surface area (Å²) in [6, 6.07) is 7.87. The first kappa shape index (κ1) is 22.7. The van der Waals surface area contributed by atoms with E-state index in [9.17, 15) is 9.59 Å². The number of ketones is 1. The van der Waals surface area contributed by atoms with Gasteiger partial charge in [0.15, 0.2) is 17.3 Å². The topological polar surface area (TPSA) is 71.6 Å². The quantitative estimate of drug-likeness (QED) is 0.549. The number of aromatic amines is 1. The van der Waals surface area contributed by atoms with Crippen molar-refractivity contribution in [2.75, 3.05) is 20.8 Å². The Morgan fingerprint density at radius 2 is 1.91 bits per heavy atom. The number of ether oxygens (including phenoxy) is 2. The number of fused-ring (bicyclic) bond motifs is 2. The third-order valence-corrected chi connectivity index (χ3v) is 7.99. The zero-order chi connectivity index (χ0) is 24.2. The Morgan fingerprint density at radius 1 is 1.18 bits per heavy atom. The van der Waals surface area contributed by atoms with Crippen LogP contribution in [0, 0.1) is 12.3 Å². The molecule has 34 heavy (non-hydrogen) atoms. The average molecular weight is 479 g/mol. The predicted molar refractivity (Wildman–Crippen MR) is 132 cm³/mol. The molecule has 0 radical (unpaired) electrons. The van der Waals surface area contributed by atoms with Gasteiger partial charge in [0.1, 0.15) is 5.69 Å². The summed E-state index contributed by atoms with van der Waals surface area (Å²) in [5.41, 5.74) is 4.98. The summed E-state index contributed by atoms with van der Waals surface area (Å²) in [6.45, 7) is 6.67. The Morgan fingerprint density at radius 3 is 2.59 bits per heavy atom. The minimum Gasteiger partial charge on any atom is -0.493 e. The van der Waals surface area contributed by atoms with Crippen LogP contribution in [0.1, 0.15) is 74.4 Å². The lowest BCUT2D eigenvalue weighted by atomic mass is 9.75. The summed E-state index contributed by atoms with van der Waals surface area (Å²) in [5.74, 6) is 1.39. The predicted octanol–water partition coefficient (Wildman–Crippen LogP) is 5.34. The molecule has 0 spiro atoms. The number of Topliss-reactive ketones (excluding diaryl/α,β-unsaturated/α-hetero) is 1. The molecule has 1 amide bonds. The van der Waals surface area contributed by atoms with Crippen LogP contribution in [0.3, 0.4) is 0 Å². The van der Waals surface area contributed by atoms with E-state index in [1.807, 2.05) is 35.4 Å². The number of carbonyl (C=O) groups is 2. The van der Waals surface area contributed by atoms with E-state index in [0.29, 0.717) is 42.1 Å². The smallest absolute Gasteiger partial charge is 0.271 e. The van der Waals surface area contributed by atoms with Crippen LogP contribution in [0.5, 0.6) is 11.5 Å². The van der Waals surface area contributed by atoms with Gasteiger partial charge >= 0.3 is 0 Å². The van der Waals surface area contributed by atoms with Crippen molar-refractivity contribution in [2.45, 2.75) is 46.1 Å². The molecule has 5 rings (SSSR count). The van der Waals surface area contributed by atoms with Gasteiger partial charge in [-0.25, -0.2) is 0 Å². The van der Waals surface area contributed by atoms with E-state index < -0.39 is 0 Å². The number of amides is 1. The zero-order valence-electron chi connectivity index (χ0n) is 20.3. The third kappa shape index (κ3) is 3.63. The van der Waals surface area contributed by atoms with Crippen LogP contribution < -0.4 is 9.47 Å². The van der Waals surface area contributed by atoms with E-state index >= 15 is 0 Å². The second-order valence-corrected chi connectivity index (χ2v) is 11.0. The lowest BCUT2D eigenvalue weighted by Crippen LogP contribution is -2.40. The number of hydrogen-bond acceptors (Lipinski definition) is 5. The van der Waals surface area contributed by atoms with Crippen molar-refractivity contribution in [1.29, 1.82) is 0 Å². The highest BCUT2D eigenvalue weighted by Gasteiger charge is 2.39. The molecular weight excluding hydrogens is 448 g/mol. The lowest BCUT2D eigenvalue weighted by Gasteiger charge is -2.37. The van der Waals surface area contributed by atoms with Gasteiger partial charge in [0, 0.05) is 29.1 Å². The fourth-order valence-electron chi connectivity index (χ4n) is 5.51. The average Bonchev–Trinajstić information content (AvgIpc) is 3.44. The number of hydrogen-bond donors (Lipinski definition) is 1. The van der Waals surface area contributed by atoms with Crippen LogP contribution in [0.15, 0.2) is 29.6 Å². The largest absolute Gasteiger partial charge is 0.493 e. The summed E-state index contributed by atoms with van der Waals surface area (Å²) in [4.78, 5) is 33.3. The summed E-state index contributed by atoms with van der Waals surface area (Å²) in [6.07, 6.45) is 1.98. The van der Waals surface area contributed by atoms with Crippen molar-refractivity contribution in [3.8, 4) is 11.5 Å². The SMILES string of the molecule is COc1cc2c(cc1OC)[C@H](c1cccs1)N(C(=O)c1[nH]c3c(c1C)C(=O)CC(C)(C)C3)CC2. The maximum atomic E-state index is 14.0. The van der Waals surface area contributed by atoms with E-state index in [-0.39, 0.29) is 23.1 Å².